The van der Waals surface area contributed by atoms with Crippen molar-refractivity contribution in [3.63, 3.8) is 0 Å². The van der Waals surface area contributed by atoms with Gasteiger partial charge in [-0.05, 0) is 43.3 Å². The minimum atomic E-state index is -0.549. The molecule has 0 radical (unpaired) electrons. The number of aromatic nitrogens is 2. The molecule has 130 valence electrons. The Labute approximate surface area is 143 Å². The van der Waals surface area contributed by atoms with Gasteiger partial charge in [-0.1, -0.05) is 0 Å². The van der Waals surface area contributed by atoms with E-state index in [2.05, 4.69) is 10.2 Å². The van der Waals surface area contributed by atoms with Gasteiger partial charge in [0, 0.05) is 0 Å². The molecule has 1 aromatic carbocycles. The van der Waals surface area contributed by atoms with Crippen LogP contribution in [-0.4, -0.2) is 29.4 Å². The molecule has 0 amide bonds. The summed E-state index contributed by atoms with van der Waals surface area (Å²) < 4.78 is 26.2. The van der Waals surface area contributed by atoms with Gasteiger partial charge in [0.15, 0.2) is 19.0 Å². The van der Waals surface area contributed by atoms with E-state index in [4.69, 9.17) is 23.0 Å². The van der Waals surface area contributed by atoms with Gasteiger partial charge in [0.1, 0.15) is 11.5 Å². The molecule has 0 unspecified atom stereocenters. The number of rotatable bonds is 8. The van der Waals surface area contributed by atoms with Crippen LogP contribution in [0.2, 0.25) is 0 Å². The van der Waals surface area contributed by atoms with Crippen LogP contribution in [0.3, 0.4) is 0 Å². The molecule has 8 nitrogen and oxygen atoms in total. The number of furan rings is 1. The van der Waals surface area contributed by atoms with E-state index in [9.17, 15) is 4.79 Å². The monoisotopic (exact) mass is 344 g/mol. The summed E-state index contributed by atoms with van der Waals surface area (Å²) >= 11 is 0. The number of carbonyl (C=O) groups is 1. The van der Waals surface area contributed by atoms with Gasteiger partial charge in [-0.25, -0.2) is 4.79 Å². The van der Waals surface area contributed by atoms with Gasteiger partial charge in [-0.2, -0.15) is 0 Å². The van der Waals surface area contributed by atoms with Crippen LogP contribution in [0, 0.1) is 0 Å². The Bertz CT molecular complexity index is 795. The van der Waals surface area contributed by atoms with Crippen LogP contribution < -0.4 is 9.47 Å². The molecule has 0 fully saturated rings. The standard InChI is InChI=1S/C17H16N2O6/c1-2-21-12-5-7-13(8-6-12)23-11-16(20)24-10-15-18-19-17(25-15)14-4-3-9-22-14/h3-9H,2,10-11H2,1H3. The van der Waals surface area contributed by atoms with Crippen molar-refractivity contribution in [2.24, 2.45) is 0 Å². The summed E-state index contributed by atoms with van der Waals surface area (Å²) in [6.07, 6.45) is 1.50. The van der Waals surface area contributed by atoms with Crippen LogP contribution in [0.5, 0.6) is 11.5 Å². The van der Waals surface area contributed by atoms with Crippen molar-refractivity contribution in [2.45, 2.75) is 13.5 Å². The third-order valence-electron chi connectivity index (χ3n) is 3.05. The number of hydrogen-bond acceptors (Lipinski definition) is 8. The molecule has 0 N–H and O–H groups in total. The SMILES string of the molecule is CCOc1ccc(OCC(=O)OCc2nnc(-c3ccco3)o2)cc1. The van der Waals surface area contributed by atoms with Gasteiger partial charge in [0.2, 0.25) is 0 Å². The Morgan fingerprint density at radius 2 is 1.84 bits per heavy atom. The van der Waals surface area contributed by atoms with Gasteiger partial charge < -0.3 is 23.0 Å². The summed E-state index contributed by atoms with van der Waals surface area (Å²) in [6.45, 7) is 2.12. The molecule has 0 atom stereocenters. The largest absolute Gasteiger partial charge is 0.494 e. The van der Waals surface area contributed by atoms with Crippen molar-refractivity contribution in [3.05, 3.63) is 48.6 Å². The maximum atomic E-state index is 11.7. The van der Waals surface area contributed by atoms with Crippen molar-refractivity contribution >= 4 is 5.97 Å². The zero-order valence-electron chi connectivity index (χ0n) is 13.5. The van der Waals surface area contributed by atoms with E-state index in [0.29, 0.717) is 18.1 Å². The van der Waals surface area contributed by atoms with E-state index < -0.39 is 5.97 Å². The van der Waals surface area contributed by atoms with Crippen LogP contribution in [0.1, 0.15) is 12.8 Å². The molecule has 8 heteroatoms. The van der Waals surface area contributed by atoms with Crippen molar-refractivity contribution in [2.75, 3.05) is 13.2 Å². The molecule has 3 rings (SSSR count). The molecule has 0 aliphatic rings. The van der Waals surface area contributed by atoms with Gasteiger partial charge in [0.05, 0.1) is 12.9 Å². The highest BCUT2D eigenvalue weighted by atomic mass is 16.6. The van der Waals surface area contributed by atoms with E-state index >= 15 is 0 Å². The third-order valence-corrected chi connectivity index (χ3v) is 3.05. The number of hydrogen-bond donors (Lipinski definition) is 0. The fourth-order valence-electron chi connectivity index (χ4n) is 1.94. The topological polar surface area (TPSA) is 96.8 Å². The number of esters is 1. The van der Waals surface area contributed by atoms with E-state index in [1.54, 1.807) is 36.4 Å². The van der Waals surface area contributed by atoms with Crippen molar-refractivity contribution in [3.8, 4) is 23.1 Å². The molecule has 0 saturated heterocycles. The van der Waals surface area contributed by atoms with Crippen molar-refractivity contribution in [1.29, 1.82) is 0 Å². The summed E-state index contributed by atoms with van der Waals surface area (Å²) in [7, 11) is 0. The van der Waals surface area contributed by atoms with Gasteiger partial charge in [-0.3, -0.25) is 0 Å². The van der Waals surface area contributed by atoms with E-state index in [0.717, 1.165) is 5.75 Å². The highest BCUT2D eigenvalue weighted by molar-refractivity contribution is 5.71. The van der Waals surface area contributed by atoms with E-state index in [-0.39, 0.29) is 25.0 Å². The van der Waals surface area contributed by atoms with Crippen molar-refractivity contribution in [1.82, 2.24) is 10.2 Å². The lowest BCUT2D eigenvalue weighted by Gasteiger charge is -2.07. The second-order valence-corrected chi connectivity index (χ2v) is 4.83. The Morgan fingerprint density at radius 3 is 2.52 bits per heavy atom. The van der Waals surface area contributed by atoms with Crippen LogP contribution in [-0.2, 0) is 16.1 Å². The number of carbonyl (C=O) groups excluding carboxylic acids is 1. The third kappa shape index (κ3) is 4.60. The van der Waals surface area contributed by atoms with Crippen LogP contribution in [0.4, 0.5) is 0 Å². The quantitative estimate of drug-likeness (QED) is 0.576. The van der Waals surface area contributed by atoms with Crippen LogP contribution >= 0.6 is 0 Å². The molecule has 0 aliphatic heterocycles. The molecule has 3 aromatic rings. The normalized spacial score (nSPS) is 10.4. The zero-order valence-corrected chi connectivity index (χ0v) is 13.5. The lowest BCUT2D eigenvalue weighted by molar-refractivity contribution is -0.148. The van der Waals surface area contributed by atoms with Crippen LogP contribution in [0.15, 0.2) is 51.5 Å². The van der Waals surface area contributed by atoms with E-state index in [1.165, 1.54) is 6.26 Å². The maximum absolute atomic E-state index is 11.7. The van der Waals surface area contributed by atoms with Gasteiger partial charge in [-0.15, -0.1) is 10.2 Å². The summed E-state index contributed by atoms with van der Waals surface area (Å²) in [5, 5.41) is 7.59. The summed E-state index contributed by atoms with van der Waals surface area (Å²) in [4.78, 5) is 11.7. The minimum absolute atomic E-state index is 0.140. The molecule has 0 bridgehead atoms. The maximum Gasteiger partial charge on any atom is 0.344 e. The first-order valence-electron chi connectivity index (χ1n) is 7.62. The summed E-state index contributed by atoms with van der Waals surface area (Å²) in [5.74, 6) is 1.57. The lowest BCUT2D eigenvalue weighted by Crippen LogP contribution is -2.14. The smallest absolute Gasteiger partial charge is 0.344 e. The Hall–Kier alpha value is -3.29. The fraction of sp³-hybridized carbons (Fsp3) is 0.235. The molecular weight excluding hydrogens is 328 g/mol. The highest BCUT2D eigenvalue weighted by Crippen LogP contribution is 2.19. The zero-order chi connectivity index (χ0) is 17.5. The Morgan fingerprint density at radius 1 is 1.08 bits per heavy atom. The second-order valence-electron chi connectivity index (χ2n) is 4.83. The minimum Gasteiger partial charge on any atom is -0.494 e. The van der Waals surface area contributed by atoms with Crippen LogP contribution in [0.25, 0.3) is 11.7 Å². The van der Waals surface area contributed by atoms with Gasteiger partial charge >= 0.3 is 5.97 Å². The molecule has 2 aromatic heterocycles. The first-order valence-corrected chi connectivity index (χ1v) is 7.62. The number of nitrogens with zero attached hydrogens (tertiary/aromatic N) is 2. The molecular formula is C17H16N2O6. The van der Waals surface area contributed by atoms with Crippen molar-refractivity contribution < 1.29 is 27.8 Å². The Balaban J connectivity index is 1.43. The highest BCUT2D eigenvalue weighted by Gasteiger charge is 2.13. The lowest BCUT2D eigenvalue weighted by atomic mass is 10.3. The predicted molar refractivity (Wildman–Crippen MR) is 84.9 cm³/mol. The number of ether oxygens (including phenoxy) is 3. The first kappa shape index (κ1) is 16.6. The van der Waals surface area contributed by atoms with E-state index in [1.807, 2.05) is 6.92 Å². The molecule has 0 aliphatic carbocycles. The summed E-state index contributed by atoms with van der Waals surface area (Å²) in [5.41, 5.74) is 0. The molecule has 2 heterocycles. The molecule has 0 spiro atoms. The predicted octanol–water partition coefficient (Wildman–Crippen LogP) is 2.85. The summed E-state index contributed by atoms with van der Waals surface area (Å²) in [6, 6.07) is 10.3. The average molecular weight is 344 g/mol. The molecule has 25 heavy (non-hydrogen) atoms. The average Bonchev–Trinajstić information content (AvgIpc) is 3.31. The second kappa shape index (κ2) is 8.00. The Kier molecular flexibility index (Phi) is 5.30. The fourth-order valence-corrected chi connectivity index (χ4v) is 1.94. The van der Waals surface area contributed by atoms with Gasteiger partial charge in [0.25, 0.3) is 11.8 Å². The molecule has 0 saturated carbocycles. The number of benzene rings is 1. The first-order chi connectivity index (χ1) is 12.2.